The van der Waals surface area contributed by atoms with E-state index in [1.54, 1.807) is 27.4 Å². The number of guanidine groups is 1. The summed E-state index contributed by atoms with van der Waals surface area (Å²) in [6.45, 7) is 0.317. The molecule has 25 heavy (non-hydrogen) atoms. The second kappa shape index (κ2) is 8.50. The molecule has 0 aromatic heterocycles. The second-order valence-corrected chi connectivity index (χ2v) is 5.05. The molecule has 0 saturated carbocycles. The summed E-state index contributed by atoms with van der Waals surface area (Å²) in [7, 11) is 4.70. The van der Waals surface area contributed by atoms with Crippen molar-refractivity contribution < 1.29 is 14.2 Å². The normalized spacial score (nSPS) is 10.7. The fraction of sp³-hybridized carbons (Fsp3) is 0.211. The van der Waals surface area contributed by atoms with Crippen LogP contribution in [0.15, 0.2) is 41.4 Å². The van der Waals surface area contributed by atoms with Crippen molar-refractivity contribution in [1.82, 2.24) is 0 Å². The Morgan fingerprint density at radius 1 is 1.12 bits per heavy atom. The van der Waals surface area contributed by atoms with Crippen molar-refractivity contribution in [2.75, 3.05) is 26.6 Å². The lowest BCUT2D eigenvalue weighted by molar-refractivity contribution is 0.322. The number of hydrogen-bond acceptors (Lipinski definition) is 4. The monoisotopic (exact) mass is 339 g/mol. The molecule has 2 aromatic carbocycles. The van der Waals surface area contributed by atoms with Gasteiger partial charge >= 0.3 is 0 Å². The van der Waals surface area contributed by atoms with Gasteiger partial charge in [0.2, 0.25) is 5.75 Å². The highest BCUT2D eigenvalue weighted by Gasteiger charge is 2.15. The van der Waals surface area contributed by atoms with Crippen molar-refractivity contribution >= 4 is 11.6 Å². The van der Waals surface area contributed by atoms with Crippen molar-refractivity contribution in [3.05, 3.63) is 47.5 Å². The zero-order valence-corrected chi connectivity index (χ0v) is 14.5. The predicted molar refractivity (Wildman–Crippen MR) is 99.4 cm³/mol. The lowest BCUT2D eigenvalue weighted by Gasteiger charge is -2.15. The van der Waals surface area contributed by atoms with E-state index in [0.29, 0.717) is 23.8 Å². The van der Waals surface area contributed by atoms with Gasteiger partial charge in [0.1, 0.15) is 0 Å². The fourth-order valence-electron chi connectivity index (χ4n) is 2.33. The third-order valence-electron chi connectivity index (χ3n) is 3.51. The molecule has 0 heterocycles. The van der Waals surface area contributed by atoms with E-state index >= 15 is 0 Å². The van der Waals surface area contributed by atoms with Gasteiger partial charge in [-0.3, -0.25) is 0 Å². The molecule has 2 aromatic rings. The van der Waals surface area contributed by atoms with Crippen LogP contribution in [0.3, 0.4) is 0 Å². The quantitative estimate of drug-likeness (QED) is 0.480. The molecule has 0 fully saturated rings. The van der Waals surface area contributed by atoms with Crippen LogP contribution in [0.5, 0.6) is 17.2 Å². The van der Waals surface area contributed by atoms with Crippen LogP contribution >= 0.6 is 0 Å². The lowest BCUT2D eigenvalue weighted by Crippen LogP contribution is -2.22. The highest BCUT2D eigenvalue weighted by Crippen LogP contribution is 2.39. The van der Waals surface area contributed by atoms with Gasteiger partial charge in [-0.05, 0) is 30.3 Å². The van der Waals surface area contributed by atoms with Crippen LogP contribution < -0.4 is 25.3 Å². The third kappa shape index (κ3) is 4.36. The van der Waals surface area contributed by atoms with E-state index in [1.807, 2.05) is 30.3 Å². The molecule has 0 aliphatic heterocycles. The number of nitrogens with zero attached hydrogens (tertiary/aromatic N) is 1. The first-order valence-electron chi connectivity index (χ1n) is 7.54. The maximum Gasteiger partial charge on any atom is 0.203 e. The van der Waals surface area contributed by atoms with Crippen LogP contribution in [-0.4, -0.2) is 27.3 Å². The molecule has 6 nitrogen and oxygen atoms in total. The Bertz CT molecular complexity index is 810. The number of nitrogens with two attached hydrogens (primary N) is 1. The third-order valence-corrected chi connectivity index (χ3v) is 3.51. The Kier molecular flexibility index (Phi) is 6.13. The summed E-state index contributed by atoms with van der Waals surface area (Å²) in [6.07, 6.45) is 5.39. The molecule has 0 radical (unpaired) electrons. The number of rotatable bonds is 6. The summed E-state index contributed by atoms with van der Waals surface area (Å²) in [4.78, 5) is 4.34. The molecule has 2 rings (SSSR count). The fourth-order valence-corrected chi connectivity index (χ4v) is 2.33. The van der Waals surface area contributed by atoms with Gasteiger partial charge < -0.3 is 25.3 Å². The highest BCUT2D eigenvalue weighted by molar-refractivity contribution is 5.92. The summed E-state index contributed by atoms with van der Waals surface area (Å²) in [5, 5.41) is 3.01. The number of nitrogens with one attached hydrogen (secondary N) is 1. The topological polar surface area (TPSA) is 78.1 Å². The molecule has 0 spiro atoms. The van der Waals surface area contributed by atoms with E-state index in [4.69, 9.17) is 26.4 Å². The van der Waals surface area contributed by atoms with Gasteiger partial charge in [-0.2, -0.15) is 0 Å². The van der Waals surface area contributed by atoms with E-state index in [9.17, 15) is 0 Å². The molecule has 0 unspecified atom stereocenters. The molecule has 3 N–H and O–H groups in total. The first kappa shape index (κ1) is 18.0. The summed E-state index contributed by atoms with van der Waals surface area (Å²) in [5.41, 5.74) is 8.31. The largest absolute Gasteiger partial charge is 0.493 e. The van der Waals surface area contributed by atoms with Crippen LogP contribution in [0.25, 0.3) is 0 Å². The van der Waals surface area contributed by atoms with Gasteiger partial charge in [0.25, 0.3) is 0 Å². The Balaban J connectivity index is 2.19. The molecule has 130 valence electrons. The molecule has 0 amide bonds. The molecule has 0 aliphatic rings. The van der Waals surface area contributed by atoms with Crippen molar-refractivity contribution in [1.29, 1.82) is 0 Å². The Morgan fingerprint density at radius 2 is 1.88 bits per heavy atom. The molecular weight excluding hydrogens is 318 g/mol. The standard InChI is InChI=1S/C19H21N3O3/c1-5-13-7-6-8-15(11-13)22-19(20)21-12-14-9-10-16(23-2)18(25-4)17(14)24-3/h1,6-11H,12H2,2-4H3,(H3,20,21,22). The number of ether oxygens (including phenoxy) is 3. The van der Waals surface area contributed by atoms with Crippen LogP contribution in [0, 0.1) is 12.3 Å². The van der Waals surface area contributed by atoms with Crippen LogP contribution in [0.2, 0.25) is 0 Å². The SMILES string of the molecule is C#Cc1cccc(NC(N)=NCc2ccc(OC)c(OC)c2OC)c1. The van der Waals surface area contributed by atoms with Crippen molar-refractivity contribution in [3.8, 4) is 29.6 Å². The first-order valence-corrected chi connectivity index (χ1v) is 7.54. The summed E-state index contributed by atoms with van der Waals surface area (Å²) in [5.74, 6) is 4.51. The molecule has 0 saturated heterocycles. The highest BCUT2D eigenvalue weighted by atomic mass is 16.5. The number of anilines is 1. The van der Waals surface area contributed by atoms with Crippen molar-refractivity contribution in [3.63, 3.8) is 0 Å². The van der Waals surface area contributed by atoms with Gasteiger partial charge in [0, 0.05) is 16.8 Å². The maximum absolute atomic E-state index is 5.95. The predicted octanol–water partition coefficient (Wildman–Crippen LogP) is 2.62. The van der Waals surface area contributed by atoms with Gasteiger partial charge in [-0.15, -0.1) is 6.42 Å². The van der Waals surface area contributed by atoms with E-state index in [-0.39, 0.29) is 5.96 Å². The number of terminal acetylenes is 1. The zero-order chi connectivity index (χ0) is 18.2. The van der Waals surface area contributed by atoms with Crippen molar-refractivity contribution in [2.24, 2.45) is 10.7 Å². The summed E-state index contributed by atoms with van der Waals surface area (Å²) >= 11 is 0. The van der Waals surface area contributed by atoms with Crippen LogP contribution in [0.4, 0.5) is 5.69 Å². The smallest absolute Gasteiger partial charge is 0.203 e. The average Bonchev–Trinajstić information content (AvgIpc) is 2.65. The van der Waals surface area contributed by atoms with E-state index < -0.39 is 0 Å². The zero-order valence-electron chi connectivity index (χ0n) is 14.5. The Labute approximate surface area is 147 Å². The summed E-state index contributed by atoms with van der Waals surface area (Å²) in [6, 6.07) is 11.0. The molecule has 0 aliphatic carbocycles. The number of methoxy groups -OCH3 is 3. The molecule has 6 heteroatoms. The van der Waals surface area contributed by atoms with Crippen LogP contribution in [0.1, 0.15) is 11.1 Å². The number of benzene rings is 2. The van der Waals surface area contributed by atoms with Gasteiger partial charge in [0.15, 0.2) is 17.5 Å². The minimum atomic E-state index is 0.269. The number of aliphatic imine (C=N–C) groups is 1. The maximum atomic E-state index is 5.95. The molecule has 0 bridgehead atoms. The van der Waals surface area contributed by atoms with Gasteiger partial charge in [-0.25, -0.2) is 4.99 Å². The van der Waals surface area contributed by atoms with E-state index in [0.717, 1.165) is 16.8 Å². The van der Waals surface area contributed by atoms with Gasteiger partial charge in [0.05, 0.1) is 27.9 Å². The number of hydrogen-bond donors (Lipinski definition) is 2. The minimum absolute atomic E-state index is 0.269. The lowest BCUT2D eigenvalue weighted by atomic mass is 10.1. The Morgan fingerprint density at radius 3 is 2.52 bits per heavy atom. The van der Waals surface area contributed by atoms with Crippen molar-refractivity contribution in [2.45, 2.75) is 6.54 Å². The van der Waals surface area contributed by atoms with Crippen LogP contribution in [-0.2, 0) is 6.54 Å². The second-order valence-electron chi connectivity index (χ2n) is 5.05. The first-order chi connectivity index (χ1) is 12.1. The van der Waals surface area contributed by atoms with Gasteiger partial charge in [-0.1, -0.05) is 12.0 Å². The summed E-state index contributed by atoms with van der Waals surface area (Å²) < 4.78 is 16.1. The molecule has 0 atom stereocenters. The van der Waals surface area contributed by atoms with E-state index in [2.05, 4.69) is 16.2 Å². The minimum Gasteiger partial charge on any atom is -0.493 e. The van der Waals surface area contributed by atoms with E-state index in [1.165, 1.54) is 0 Å². The Hall–Kier alpha value is -3.33. The average molecular weight is 339 g/mol. The molecular formula is C19H21N3O3.